The second kappa shape index (κ2) is 12.0. The summed E-state index contributed by atoms with van der Waals surface area (Å²) in [5.41, 5.74) is 0. The van der Waals surface area contributed by atoms with Crippen molar-refractivity contribution in [2.24, 2.45) is 5.92 Å². The first kappa shape index (κ1) is 17.9. The minimum absolute atomic E-state index is 0.364. The van der Waals surface area contributed by atoms with Crippen LogP contribution in [0.5, 0.6) is 0 Å². The third-order valence-electron chi connectivity index (χ3n) is 3.44. The van der Waals surface area contributed by atoms with Gasteiger partial charge in [-0.3, -0.25) is 0 Å². The molecule has 18 heavy (non-hydrogen) atoms. The van der Waals surface area contributed by atoms with Crippen molar-refractivity contribution >= 4 is 0 Å². The van der Waals surface area contributed by atoms with Crippen LogP contribution in [0.3, 0.4) is 0 Å². The van der Waals surface area contributed by atoms with Crippen LogP contribution in [0.2, 0.25) is 0 Å². The molecule has 0 amide bonds. The third-order valence-corrected chi connectivity index (χ3v) is 3.44. The predicted molar refractivity (Wildman–Crippen MR) is 81.1 cm³/mol. The molecule has 0 fully saturated rings. The largest absolute Gasteiger partial charge is 0.377 e. The summed E-state index contributed by atoms with van der Waals surface area (Å²) < 4.78 is 5.96. The van der Waals surface area contributed by atoms with Gasteiger partial charge in [0.1, 0.15) is 0 Å². The van der Waals surface area contributed by atoms with Gasteiger partial charge in [0, 0.05) is 12.6 Å². The molecule has 0 saturated heterocycles. The molecule has 0 heterocycles. The molecule has 2 unspecified atom stereocenters. The summed E-state index contributed by atoms with van der Waals surface area (Å²) in [6.07, 6.45) is 8.17. The molecular formula is C16H35NO. The fraction of sp³-hybridized carbons (Fsp3) is 1.00. The van der Waals surface area contributed by atoms with Gasteiger partial charge in [0.05, 0.1) is 6.10 Å². The molecule has 0 aliphatic carbocycles. The van der Waals surface area contributed by atoms with Crippen LogP contribution in [-0.4, -0.2) is 25.3 Å². The summed E-state index contributed by atoms with van der Waals surface area (Å²) in [6, 6.07) is 0.529. The predicted octanol–water partition coefficient (Wildman–Crippen LogP) is 4.39. The second-order valence-electron chi connectivity index (χ2n) is 5.57. The van der Waals surface area contributed by atoms with E-state index >= 15 is 0 Å². The van der Waals surface area contributed by atoms with Gasteiger partial charge in [0.2, 0.25) is 0 Å². The molecule has 0 aromatic heterocycles. The molecule has 0 aromatic rings. The highest BCUT2D eigenvalue weighted by atomic mass is 16.5. The molecule has 0 aromatic carbocycles. The smallest absolute Gasteiger partial charge is 0.0750 e. The van der Waals surface area contributed by atoms with Crippen LogP contribution in [0.15, 0.2) is 0 Å². The average Bonchev–Trinajstić information content (AvgIpc) is 2.35. The van der Waals surface area contributed by atoms with Gasteiger partial charge in [0.25, 0.3) is 0 Å². The molecule has 1 N–H and O–H groups in total. The highest BCUT2D eigenvalue weighted by Crippen LogP contribution is 2.17. The summed E-state index contributed by atoms with van der Waals surface area (Å²) in [4.78, 5) is 0. The molecule has 110 valence electrons. The van der Waals surface area contributed by atoms with E-state index < -0.39 is 0 Å². The molecule has 0 aliphatic rings. The monoisotopic (exact) mass is 257 g/mol. The lowest BCUT2D eigenvalue weighted by Gasteiger charge is -2.31. The summed E-state index contributed by atoms with van der Waals surface area (Å²) in [6.45, 7) is 13.1. The fourth-order valence-corrected chi connectivity index (χ4v) is 2.47. The number of ether oxygens (including phenoxy) is 1. The lowest BCUT2D eigenvalue weighted by atomic mass is 9.94. The Kier molecular flexibility index (Phi) is 11.9. The van der Waals surface area contributed by atoms with Crippen LogP contribution in [0.25, 0.3) is 0 Å². The summed E-state index contributed by atoms with van der Waals surface area (Å²) in [5.74, 6) is 0.588. The topological polar surface area (TPSA) is 21.3 Å². The maximum Gasteiger partial charge on any atom is 0.0750 e. The first-order valence-corrected chi connectivity index (χ1v) is 8.02. The Hall–Kier alpha value is -0.0800. The molecule has 0 saturated carbocycles. The van der Waals surface area contributed by atoms with E-state index in [1.165, 1.54) is 38.5 Å². The number of unbranched alkanes of at least 4 members (excludes halogenated alkanes) is 3. The number of hydrogen-bond donors (Lipinski definition) is 1. The van der Waals surface area contributed by atoms with E-state index in [2.05, 4.69) is 39.9 Å². The van der Waals surface area contributed by atoms with E-state index in [0.29, 0.717) is 18.1 Å². The van der Waals surface area contributed by atoms with Gasteiger partial charge < -0.3 is 10.1 Å². The van der Waals surface area contributed by atoms with Gasteiger partial charge in [-0.2, -0.15) is 0 Å². The van der Waals surface area contributed by atoms with Crippen molar-refractivity contribution in [3.63, 3.8) is 0 Å². The van der Waals surface area contributed by atoms with E-state index in [-0.39, 0.29) is 0 Å². The zero-order valence-corrected chi connectivity index (χ0v) is 13.3. The van der Waals surface area contributed by atoms with Crippen LogP contribution in [0.4, 0.5) is 0 Å². The SMILES string of the molecule is CCCCCCC(NCCC)C(OCC)C(C)C. The van der Waals surface area contributed by atoms with Crippen molar-refractivity contribution < 1.29 is 4.74 Å². The normalized spacial score (nSPS) is 15.0. The van der Waals surface area contributed by atoms with Crippen molar-refractivity contribution in [3.8, 4) is 0 Å². The van der Waals surface area contributed by atoms with Crippen LogP contribution >= 0.6 is 0 Å². The van der Waals surface area contributed by atoms with Crippen molar-refractivity contribution in [3.05, 3.63) is 0 Å². The van der Waals surface area contributed by atoms with E-state index in [1.54, 1.807) is 0 Å². The zero-order valence-electron chi connectivity index (χ0n) is 13.3. The lowest BCUT2D eigenvalue weighted by molar-refractivity contribution is 0.000940. The Morgan fingerprint density at radius 1 is 0.944 bits per heavy atom. The van der Waals surface area contributed by atoms with Crippen LogP contribution in [0.1, 0.15) is 73.1 Å². The highest BCUT2D eigenvalue weighted by molar-refractivity contribution is 4.79. The summed E-state index contributed by atoms with van der Waals surface area (Å²) >= 11 is 0. The average molecular weight is 257 g/mol. The molecule has 0 radical (unpaired) electrons. The lowest BCUT2D eigenvalue weighted by Crippen LogP contribution is -2.44. The van der Waals surface area contributed by atoms with Crippen molar-refractivity contribution in [2.75, 3.05) is 13.2 Å². The van der Waals surface area contributed by atoms with Gasteiger partial charge in [0.15, 0.2) is 0 Å². The fourth-order valence-electron chi connectivity index (χ4n) is 2.47. The van der Waals surface area contributed by atoms with Gasteiger partial charge in [-0.05, 0) is 32.2 Å². The maximum atomic E-state index is 5.96. The summed E-state index contributed by atoms with van der Waals surface area (Å²) in [7, 11) is 0. The summed E-state index contributed by atoms with van der Waals surface area (Å²) in [5, 5.41) is 3.69. The Balaban J connectivity index is 4.22. The van der Waals surface area contributed by atoms with Gasteiger partial charge in [-0.15, -0.1) is 0 Å². The van der Waals surface area contributed by atoms with Crippen molar-refractivity contribution in [2.45, 2.75) is 85.3 Å². The number of rotatable bonds is 12. The first-order valence-electron chi connectivity index (χ1n) is 8.02. The Bertz CT molecular complexity index is 170. The first-order chi connectivity index (χ1) is 8.67. The molecule has 2 nitrogen and oxygen atoms in total. The van der Waals surface area contributed by atoms with Crippen LogP contribution in [0, 0.1) is 5.92 Å². The van der Waals surface area contributed by atoms with Crippen LogP contribution < -0.4 is 5.32 Å². The minimum atomic E-state index is 0.364. The molecule has 2 atom stereocenters. The molecule has 0 rings (SSSR count). The van der Waals surface area contributed by atoms with Gasteiger partial charge in [-0.25, -0.2) is 0 Å². The zero-order chi connectivity index (χ0) is 13.8. The molecule has 0 spiro atoms. The van der Waals surface area contributed by atoms with Crippen LogP contribution in [-0.2, 0) is 4.74 Å². The van der Waals surface area contributed by atoms with Gasteiger partial charge in [-0.1, -0.05) is 53.4 Å². The minimum Gasteiger partial charge on any atom is -0.377 e. The van der Waals surface area contributed by atoms with Crippen molar-refractivity contribution in [1.82, 2.24) is 5.32 Å². The molecule has 2 heteroatoms. The standard InChI is InChI=1S/C16H35NO/c1-6-9-10-11-12-15(17-13-7-2)16(14(4)5)18-8-3/h14-17H,6-13H2,1-5H3. The Labute approximate surface area is 115 Å². The van der Waals surface area contributed by atoms with E-state index in [4.69, 9.17) is 4.74 Å². The van der Waals surface area contributed by atoms with Gasteiger partial charge >= 0.3 is 0 Å². The highest BCUT2D eigenvalue weighted by Gasteiger charge is 2.23. The maximum absolute atomic E-state index is 5.96. The Morgan fingerprint density at radius 3 is 2.17 bits per heavy atom. The van der Waals surface area contributed by atoms with E-state index in [1.807, 2.05) is 0 Å². The quantitative estimate of drug-likeness (QED) is 0.524. The van der Waals surface area contributed by atoms with E-state index in [0.717, 1.165) is 13.2 Å². The number of hydrogen-bond acceptors (Lipinski definition) is 2. The Morgan fingerprint density at radius 2 is 1.67 bits per heavy atom. The number of nitrogens with one attached hydrogen (secondary N) is 1. The van der Waals surface area contributed by atoms with E-state index in [9.17, 15) is 0 Å². The molecule has 0 aliphatic heterocycles. The van der Waals surface area contributed by atoms with Crippen molar-refractivity contribution in [1.29, 1.82) is 0 Å². The molecule has 0 bridgehead atoms. The second-order valence-corrected chi connectivity index (χ2v) is 5.57. The third kappa shape index (κ3) is 8.10. The molecular weight excluding hydrogens is 222 g/mol.